The van der Waals surface area contributed by atoms with E-state index in [1.807, 2.05) is 18.2 Å². The number of pyridine rings is 1. The number of hydrogen-bond donors (Lipinski definition) is 3. The Labute approximate surface area is 185 Å². The number of phenolic OH excluding ortho intramolecular Hbond substituents is 1. The molecular formula is C24H24N4O4. The quantitative estimate of drug-likeness (QED) is 0.496. The summed E-state index contributed by atoms with van der Waals surface area (Å²) in [6.07, 6.45) is 4.73. The summed E-state index contributed by atoms with van der Waals surface area (Å²) in [5.41, 5.74) is 2.48. The van der Waals surface area contributed by atoms with Gasteiger partial charge in [0.2, 0.25) is 0 Å². The van der Waals surface area contributed by atoms with E-state index < -0.39 is 0 Å². The number of aromatic hydroxyl groups is 1. The lowest BCUT2D eigenvalue weighted by molar-refractivity contribution is -0.130. The highest BCUT2D eigenvalue weighted by molar-refractivity contribution is 6.14. The summed E-state index contributed by atoms with van der Waals surface area (Å²) in [6, 6.07) is 13.9. The normalized spacial score (nSPS) is 16.5. The number of para-hydroxylation sites is 1. The zero-order valence-corrected chi connectivity index (χ0v) is 17.6. The second-order valence-electron chi connectivity index (χ2n) is 7.31. The molecule has 0 spiro atoms. The first-order valence-corrected chi connectivity index (χ1v) is 10.2. The van der Waals surface area contributed by atoms with Crippen LogP contribution in [0.2, 0.25) is 0 Å². The Balaban J connectivity index is 1.50. The van der Waals surface area contributed by atoms with Gasteiger partial charge in [0, 0.05) is 29.9 Å². The lowest BCUT2D eigenvalue weighted by atomic mass is 10.0. The molecule has 0 bridgehead atoms. The van der Waals surface area contributed by atoms with Crippen LogP contribution in [0, 0.1) is 5.41 Å². The fraction of sp³-hybridized carbons (Fsp3) is 0.208. The van der Waals surface area contributed by atoms with Gasteiger partial charge in [-0.25, -0.2) is 0 Å². The average Bonchev–Trinajstić information content (AvgIpc) is 2.82. The van der Waals surface area contributed by atoms with Crippen molar-refractivity contribution in [3.63, 3.8) is 0 Å². The minimum atomic E-state index is -0.322. The zero-order chi connectivity index (χ0) is 22.5. The largest absolute Gasteiger partial charge is 0.508 e. The highest BCUT2D eigenvalue weighted by Crippen LogP contribution is 2.27. The van der Waals surface area contributed by atoms with Crippen molar-refractivity contribution in [2.75, 3.05) is 31.7 Å². The first-order chi connectivity index (χ1) is 15.6. The van der Waals surface area contributed by atoms with Crippen LogP contribution in [0.15, 0.2) is 67.0 Å². The number of phenols is 1. The maximum atomic E-state index is 12.3. The van der Waals surface area contributed by atoms with Gasteiger partial charge in [-0.2, -0.15) is 0 Å². The third-order valence-electron chi connectivity index (χ3n) is 5.16. The summed E-state index contributed by atoms with van der Waals surface area (Å²) in [4.78, 5) is 18.4. The topological polar surface area (TPSA) is 108 Å². The zero-order valence-electron chi connectivity index (χ0n) is 17.6. The first-order valence-electron chi connectivity index (χ1n) is 10.2. The van der Waals surface area contributed by atoms with Crippen molar-refractivity contribution < 1.29 is 19.4 Å². The molecule has 0 radical (unpaired) electrons. The molecule has 1 unspecified atom stereocenters. The summed E-state index contributed by atoms with van der Waals surface area (Å²) in [6.45, 7) is 0.540. The van der Waals surface area contributed by atoms with Crippen molar-refractivity contribution in [1.29, 1.82) is 5.41 Å². The number of carbonyl (C=O) groups excluding carboxylic acids is 1. The molecule has 2 heterocycles. The number of aromatic nitrogens is 1. The van der Waals surface area contributed by atoms with E-state index in [1.165, 1.54) is 0 Å². The van der Waals surface area contributed by atoms with Gasteiger partial charge in [-0.15, -0.1) is 0 Å². The second kappa shape index (κ2) is 9.49. The number of benzene rings is 2. The molecular weight excluding hydrogens is 408 g/mol. The molecule has 0 aliphatic carbocycles. The fourth-order valence-corrected chi connectivity index (χ4v) is 3.55. The van der Waals surface area contributed by atoms with Crippen molar-refractivity contribution in [2.24, 2.45) is 0 Å². The molecule has 3 N–H and O–H groups in total. The van der Waals surface area contributed by atoms with Gasteiger partial charge >= 0.3 is 0 Å². The van der Waals surface area contributed by atoms with Gasteiger partial charge in [-0.05, 0) is 48.7 Å². The molecule has 8 heteroatoms. The molecule has 1 atom stereocenters. The Morgan fingerprint density at radius 2 is 2.12 bits per heavy atom. The van der Waals surface area contributed by atoms with Crippen LogP contribution in [-0.2, 0) is 9.53 Å². The van der Waals surface area contributed by atoms with Crippen molar-refractivity contribution in [3.8, 4) is 11.5 Å². The Morgan fingerprint density at radius 1 is 1.31 bits per heavy atom. The molecule has 164 valence electrons. The molecule has 1 saturated heterocycles. The molecule has 8 nitrogen and oxygen atoms in total. The number of rotatable bonds is 7. The molecule has 3 aromatic rings. The summed E-state index contributed by atoms with van der Waals surface area (Å²) in [7, 11) is 1.78. The predicted octanol–water partition coefficient (Wildman–Crippen LogP) is 2.85. The molecule has 4 rings (SSSR count). The van der Waals surface area contributed by atoms with Gasteiger partial charge in [-0.3, -0.25) is 9.78 Å². The molecule has 0 saturated carbocycles. The number of hydrogen-bond acceptors (Lipinski definition) is 7. The Kier molecular flexibility index (Phi) is 6.32. The Morgan fingerprint density at radius 3 is 2.91 bits per heavy atom. The molecule has 1 aromatic heterocycles. The number of allylic oxidation sites excluding steroid dienone is 1. The number of nitrogens with one attached hydrogen (secondary N) is 2. The van der Waals surface area contributed by atoms with Gasteiger partial charge in [0.15, 0.2) is 0 Å². The van der Waals surface area contributed by atoms with E-state index in [9.17, 15) is 9.90 Å². The van der Waals surface area contributed by atoms with E-state index in [-0.39, 0.29) is 31.0 Å². The standard InChI is InChI=1S/C24H24N4O4/c1-26-11-10-21(25)19-9-12-27-24-20(19)3-2-4-22(24)32-14-18-13-28(23(30)15-31-18)16-5-7-17(29)8-6-16/h2-12,18,25-26,29H,13-15H2,1H3/b11-10-,25-21?. The van der Waals surface area contributed by atoms with Crippen LogP contribution in [0.25, 0.3) is 10.9 Å². The lowest BCUT2D eigenvalue weighted by Crippen LogP contribution is -2.48. The lowest BCUT2D eigenvalue weighted by Gasteiger charge is -2.32. The van der Waals surface area contributed by atoms with Gasteiger partial charge in [0.25, 0.3) is 5.91 Å². The van der Waals surface area contributed by atoms with E-state index in [4.69, 9.17) is 14.9 Å². The van der Waals surface area contributed by atoms with Crippen molar-refractivity contribution in [3.05, 3.63) is 72.6 Å². The van der Waals surface area contributed by atoms with E-state index in [0.717, 1.165) is 10.9 Å². The number of anilines is 1. The third kappa shape index (κ3) is 4.55. The van der Waals surface area contributed by atoms with Crippen LogP contribution in [0.1, 0.15) is 5.56 Å². The van der Waals surface area contributed by atoms with Crippen LogP contribution in [0.3, 0.4) is 0 Å². The molecule has 1 fully saturated rings. The molecule has 1 amide bonds. The molecule has 32 heavy (non-hydrogen) atoms. The minimum Gasteiger partial charge on any atom is -0.508 e. The van der Waals surface area contributed by atoms with Crippen LogP contribution in [0.4, 0.5) is 5.69 Å². The smallest absolute Gasteiger partial charge is 0.253 e. The Hall–Kier alpha value is -3.91. The van der Waals surface area contributed by atoms with Crippen molar-refractivity contribution >= 4 is 28.2 Å². The maximum absolute atomic E-state index is 12.3. The van der Waals surface area contributed by atoms with E-state index in [1.54, 1.807) is 60.8 Å². The summed E-state index contributed by atoms with van der Waals surface area (Å²) >= 11 is 0. The number of morpholine rings is 1. The molecule has 1 aliphatic rings. The number of nitrogens with zero attached hydrogens (tertiary/aromatic N) is 2. The highest BCUT2D eigenvalue weighted by atomic mass is 16.5. The highest BCUT2D eigenvalue weighted by Gasteiger charge is 2.28. The number of carbonyl (C=O) groups is 1. The van der Waals surface area contributed by atoms with Gasteiger partial charge < -0.3 is 30.2 Å². The van der Waals surface area contributed by atoms with Gasteiger partial charge in [0.1, 0.15) is 36.3 Å². The average molecular weight is 432 g/mol. The summed E-state index contributed by atoms with van der Waals surface area (Å²) in [5.74, 6) is 0.592. The summed E-state index contributed by atoms with van der Waals surface area (Å²) in [5, 5.41) is 21.5. The van der Waals surface area contributed by atoms with Gasteiger partial charge in [0.05, 0.1) is 12.3 Å². The Bertz CT molecular complexity index is 1160. The van der Waals surface area contributed by atoms with Crippen LogP contribution < -0.4 is 15.0 Å². The SMILES string of the molecule is CN/C=C\C(=N)c1ccnc2c(OCC3CN(c4ccc(O)cc4)C(=O)CO3)cccc12. The van der Waals surface area contributed by atoms with Crippen molar-refractivity contribution in [2.45, 2.75) is 6.10 Å². The monoisotopic (exact) mass is 432 g/mol. The van der Waals surface area contributed by atoms with Crippen LogP contribution in [0.5, 0.6) is 11.5 Å². The number of amides is 1. The second-order valence-corrected chi connectivity index (χ2v) is 7.31. The number of fused-ring (bicyclic) bond motifs is 1. The molecule has 2 aromatic carbocycles. The van der Waals surface area contributed by atoms with E-state index in [0.29, 0.717) is 29.2 Å². The van der Waals surface area contributed by atoms with E-state index in [2.05, 4.69) is 10.3 Å². The molecule has 1 aliphatic heterocycles. The summed E-state index contributed by atoms with van der Waals surface area (Å²) < 4.78 is 11.7. The van der Waals surface area contributed by atoms with Crippen LogP contribution in [-0.4, -0.2) is 54.6 Å². The first kappa shape index (κ1) is 21.3. The maximum Gasteiger partial charge on any atom is 0.253 e. The minimum absolute atomic E-state index is 0.0399. The van der Waals surface area contributed by atoms with Crippen molar-refractivity contribution in [1.82, 2.24) is 10.3 Å². The fourth-order valence-electron chi connectivity index (χ4n) is 3.55. The van der Waals surface area contributed by atoms with Crippen LogP contribution >= 0.6 is 0 Å². The number of ether oxygens (including phenoxy) is 2. The third-order valence-corrected chi connectivity index (χ3v) is 5.16. The van der Waals surface area contributed by atoms with Gasteiger partial charge in [-0.1, -0.05) is 12.1 Å². The van der Waals surface area contributed by atoms with E-state index >= 15 is 0 Å². The predicted molar refractivity (Wildman–Crippen MR) is 122 cm³/mol.